The Kier molecular flexibility index (Phi) is 11.1. The van der Waals surface area contributed by atoms with E-state index in [0.717, 1.165) is 41.2 Å². The summed E-state index contributed by atoms with van der Waals surface area (Å²) >= 11 is 0. The minimum absolute atomic E-state index is 0.126. The number of hydrogen-bond donors (Lipinski definition) is 0. The van der Waals surface area contributed by atoms with Gasteiger partial charge in [0.15, 0.2) is 0 Å². The number of piperazine rings is 1. The average molecular weight is 693 g/mol. The van der Waals surface area contributed by atoms with Crippen LogP contribution in [0.5, 0.6) is 0 Å². The molecule has 1 atom stereocenters. The Morgan fingerprint density at radius 2 is 1.57 bits per heavy atom. The fourth-order valence-electron chi connectivity index (χ4n) is 6.19. The van der Waals surface area contributed by atoms with E-state index >= 15 is 0 Å². The van der Waals surface area contributed by atoms with Gasteiger partial charge in [-0.25, -0.2) is 4.98 Å². The van der Waals surface area contributed by atoms with Crippen molar-refractivity contribution in [2.24, 2.45) is 7.05 Å². The number of halogens is 3. The van der Waals surface area contributed by atoms with E-state index in [4.69, 9.17) is 0 Å². The standard InChI is InChI=1S/C40H39F3N6O2/c1-46-29-44-26-35(46)25-37(39(51)48-23-21-47(22-24-48)27-31-7-3-2-4-8-31)49(28-32-10-15-33(16-11-32)36-9-5-6-20-45-36)38(50)19-14-30-12-17-34(18-13-30)40(41,42)43/h2-20,26,29,37H,21-25,27-28H2,1H3/b19-14+/t37-/m0/s1. The summed E-state index contributed by atoms with van der Waals surface area (Å²) in [5.74, 6) is -0.608. The van der Waals surface area contributed by atoms with E-state index in [1.165, 1.54) is 29.8 Å². The van der Waals surface area contributed by atoms with Gasteiger partial charge in [0.25, 0.3) is 0 Å². The highest BCUT2D eigenvalue weighted by Crippen LogP contribution is 2.29. The minimum Gasteiger partial charge on any atom is -0.338 e. The van der Waals surface area contributed by atoms with Gasteiger partial charge in [-0.2, -0.15) is 13.2 Å². The molecular formula is C40H39F3N6O2. The third-order valence-electron chi connectivity index (χ3n) is 9.12. The van der Waals surface area contributed by atoms with Crippen LogP contribution in [0.1, 0.15) is 27.9 Å². The van der Waals surface area contributed by atoms with Crippen molar-refractivity contribution in [3.05, 3.63) is 150 Å². The third kappa shape index (κ3) is 9.17. The SMILES string of the molecule is Cn1cncc1C[C@@H](C(=O)N1CCN(Cc2ccccc2)CC1)N(Cc1ccc(-c2ccccn2)cc1)C(=O)/C=C/c1ccc(C(F)(F)F)cc1. The van der Waals surface area contributed by atoms with E-state index in [-0.39, 0.29) is 18.9 Å². The lowest BCUT2D eigenvalue weighted by Crippen LogP contribution is -2.56. The smallest absolute Gasteiger partial charge is 0.338 e. The molecule has 0 spiro atoms. The molecule has 1 aliphatic rings. The summed E-state index contributed by atoms with van der Waals surface area (Å²) in [7, 11) is 1.85. The Bertz CT molecular complexity index is 1920. The van der Waals surface area contributed by atoms with E-state index in [2.05, 4.69) is 27.0 Å². The molecule has 6 rings (SSSR count). The molecule has 0 radical (unpaired) electrons. The highest BCUT2D eigenvalue weighted by Gasteiger charge is 2.35. The number of hydrogen-bond acceptors (Lipinski definition) is 5. The van der Waals surface area contributed by atoms with E-state index in [1.54, 1.807) is 23.6 Å². The van der Waals surface area contributed by atoms with Gasteiger partial charge in [-0.1, -0.05) is 72.8 Å². The first-order chi connectivity index (χ1) is 24.6. The van der Waals surface area contributed by atoms with Gasteiger partial charge >= 0.3 is 6.18 Å². The van der Waals surface area contributed by atoms with Crippen molar-refractivity contribution in [3.8, 4) is 11.3 Å². The number of alkyl halides is 3. The fraction of sp³-hybridized carbons (Fsp3) is 0.250. The lowest BCUT2D eigenvalue weighted by molar-refractivity contribution is -0.145. The van der Waals surface area contributed by atoms with Crippen LogP contribution in [0.4, 0.5) is 13.2 Å². The molecule has 3 aromatic carbocycles. The summed E-state index contributed by atoms with van der Waals surface area (Å²) in [6.07, 6.45) is 3.65. The van der Waals surface area contributed by atoms with Crippen LogP contribution in [-0.4, -0.2) is 73.3 Å². The second-order valence-corrected chi connectivity index (χ2v) is 12.6. The predicted octanol–water partition coefficient (Wildman–Crippen LogP) is 6.50. The Morgan fingerprint density at radius 3 is 2.20 bits per heavy atom. The fourth-order valence-corrected chi connectivity index (χ4v) is 6.19. The largest absolute Gasteiger partial charge is 0.416 e. The first-order valence-corrected chi connectivity index (χ1v) is 16.8. The number of carbonyl (C=O) groups excluding carboxylic acids is 2. The highest BCUT2D eigenvalue weighted by atomic mass is 19.4. The van der Waals surface area contributed by atoms with Crippen LogP contribution in [0.2, 0.25) is 0 Å². The molecule has 5 aromatic rings. The maximum absolute atomic E-state index is 14.5. The van der Waals surface area contributed by atoms with Gasteiger partial charge in [-0.3, -0.25) is 19.5 Å². The molecule has 0 saturated carbocycles. The average Bonchev–Trinajstić information content (AvgIpc) is 3.56. The molecule has 51 heavy (non-hydrogen) atoms. The molecular weight excluding hydrogens is 653 g/mol. The summed E-state index contributed by atoms with van der Waals surface area (Å²) in [5.41, 5.74) is 4.18. The lowest BCUT2D eigenvalue weighted by Gasteiger charge is -2.39. The van der Waals surface area contributed by atoms with Crippen LogP contribution in [0, 0.1) is 0 Å². The number of nitrogens with zero attached hydrogens (tertiary/aromatic N) is 6. The van der Waals surface area contributed by atoms with Crippen molar-refractivity contribution >= 4 is 17.9 Å². The van der Waals surface area contributed by atoms with Crippen LogP contribution in [-0.2, 0) is 42.3 Å². The molecule has 0 N–H and O–H groups in total. The summed E-state index contributed by atoms with van der Waals surface area (Å²) < 4.78 is 41.3. The molecule has 11 heteroatoms. The van der Waals surface area contributed by atoms with Gasteiger partial charge in [0, 0.05) is 82.5 Å². The van der Waals surface area contributed by atoms with Crippen molar-refractivity contribution < 1.29 is 22.8 Å². The van der Waals surface area contributed by atoms with Gasteiger partial charge in [0.2, 0.25) is 11.8 Å². The topological polar surface area (TPSA) is 74.6 Å². The third-order valence-corrected chi connectivity index (χ3v) is 9.12. The number of amides is 2. The second kappa shape index (κ2) is 16.0. The Hall–Kier alpha value is -5.55. The molecule has 2 amide bonds. The zero-order valence-corrected chi connectivity index (χ0v) is 28.3. The maximum Gasteiger partial charge on any atom is 0.416 e. The van der Waals surface area contributed by atoms with E-state index in [9.17, 15) is 22.8 Å². The first-order valence-electron chi connectivity index (χ1n) is 16.8. The van der Waals surface area contributed by atoms with Crippen molar-refractivity contribution in [2.45, 2.75) is 31.7 Å². The second-order valence-electron chi connectivity index (χ2n) is 12.6. The predicted molar refractivity (Wildman–Crippen MR) is 190 cm³/mol. The molecule has 262 valence electrons. The molecule has 1 aliphatic heterocycles. The molecule has 3 heterocycles. The van der Waals surface area contributed by atoms with E-state index < -0.39 is 23.7 Å². The molecule has 8 nitrogen and oxygen atoms in total. The monoisotopic (exact) mass is 692 g/mol. The first kappa shape index (κ1) is 35.3. The van der Waals surface area contributed by atoms with Crippen molar-refractivity contribution in [2.75, 3.05) is 26.2 Å². The Balaban J connectivity index is 1.28. The van der Waals surface area contributed by atoms with Crippen LogP contribution in [0.25, 0.3) is 17.3 Å². The maximum atomic E-state index is 14.5. The molecule has 0 bridgehead atoms. The molecule has 0 unspecified atom stereocenters. The van der Waals surface area contributed by atoms with E-state index in [1.807, 2.05) is 77.2 Å². The highest BCUT2D eigenvalue weighted by molar-refractivity contribution is 5.95. The Morgan fingerprint density at radius 1 is 0.863 bits per heavy atom. The summed E-state index contributed by atoms with van der Waals surface area (Å²) in [6.45, 7) is 3.31. The quantitative estimate of drug-likeness (QED) is 0.148. The number of aryl methyl sites for hydroxylation is 1. The number of rotatable bonds is 11. The van der Waals surface area contributed by atoms with E-state index in [0.29, 0.717) is 31.7 Å². The molecule has 2 aromatic heterocycles. The number of imidazole rings is 1. The Labute approximate surface area is 295 Å². The number of carbonyl (C=O) groups is 2. The van der Waals surface area contributed by atoms with Gasteiger partial charge in [0.05, 0.1) is 17.6 Å². The summed E-state index contributed by atoms with van der Waals surface area (Å²) in [4.78, 5) is 43.1. The van der Waals surface area contributed by atoms with Gasteiger partial charge in [-0.15, -0.1) is 0 Å². The summed E-state index contributed by atoms with van der Waals surface area (Å²) in [6, 6.07) is 27.3. The van der Waals surface area contributed by atoms with Crippen molar-refractivity contribution in [1.29, 1.82) is 0 Å². The summed E-state index contributed by atoms with van der Waals surface area (Å²) in [5, 5.41) is 0. The molecule has 1 saturated heterocycles. The number of aromatic nitrogens is 3. The molecule has 1 fully saturated rings. The van der Waals surface area contributed by atoms with Crippen LogP contribution in [0.15, 0.2) is 122 Å². The zero-order chi connectivity index (χ0) is 35.8. The minimum atomic E-state index is -4.46. The zero-order valence-electron chi connectivity index (χ0n) is 28.3. The van der Waals surface area contributed by atoms with Crippen LogP contribution >= 0.6 is 0 Å². The number of benzene rings is 3. The van der Waals surface area contributed by atoms with Crippen LogP contribution in [0.3, 0.4) is 0 Å². The van der Waals surface area contributed by atoms with Crippen LogP contribution < -0.4 is 0 Å². The van der Waals surface area contributed by atoms with Gasteiger partial charge < -0.3 is 14.4 Å². The molecule has 0 aliphatic carbocycles. The van der Waals surface area contributed by atoms with Crippen molar-refractivity contribution in [3.63, 3.8) is 0 Å². The van der Waals surface area contributed by atoms with Gasteiger partial charge in [-0.05, 0) is 47.0 Å². The number of pyridine rings is 1. The normalized spacial score (nSPS) is 14.5. The van der Waals surface area contributed by atoms with Crippen molar-refractivity contribution in [1.82, 2.24) is 29.2 Å². The van der Waals surface area contributed by atoms with Gasteiger partial charge in [0.1, 0.15) is 6.04 Å². The lowest BCUT2D eigenvalue weighted by atomic mass is 10.0.